The van der Waals surface area contributed by atoms with Gasteiger partial charge in [0.2, 0.25) is 11.8 Å². The lowest BCUT2D eigenvalue weighted by Gasteiger charge is -2.15. The van der Waals surface area contributed by atoms with Crippen LogP contribution < -0.4 is 16.4 Å². The van der Waals surface area contributed by atoms with Gasteiger partial charge in [0.05, 0.1) is 6.04 Å². The van der Waals surface area contributed by atoms with Crippen LogP contribution in [0.15, 0.2) is 24.3 Å². The normalized spacial score (nSPS) is 11.4. The Bertz CT molecular complexity index is 446. The molecule has 0 saturated carbocycles. The summed E-state index contributed by atoms with van der Waals surface area (Å²) in [6.07, 6.45) is 0. The summed E-state index contributed by atoms with van der Waals surface area (Å²) in [6.45, 7) is 5.71. The van der Waals surface area contributed by atoms with Gasteiger partial charge in [-0.25, -0.2) is 0 Å². The second-order valence-electron chi connectivity index (χ2n) is 4.87. The molecule has 0 saturated heterocycles. The summed E-state index contributed by atoms with van der Waals surface area (Å²) < 4.78 is 0. The van der Waals surface area contributed by atoms with Crippen LogP contribution in [-0.2, 0) is 16.1 Å². The lowest BCUT2D eigenvalue weighted by molar-refractivity contribution is -0.123. The lowest BCUT2D eigenvalue weighted by atomic mass is 10.0. The Labute approximate surface area is 125 Å². The van der Waals surface area contributed by atoms with E-state index in [2.05, 4.69) is 10.6 Å². The van der Waals surface area contributed by atoms with E-state index in [1.54, 1.807) is 12.1 Å². The molecule has 1 rings (SSSR count). The number of halogens is 1. The fraction of sp³-hybridized carbons (Fsp3) is 0.429. The van der Waals surface area contributed by atoms with E-state index in [1.165, 1.54) is 6.92 Å². The van der Waals surface area contributed by atoms with Crippen LogP contribution in [-0.4, -0.2) is 17.9 Å². The molecular weight excluding hydrogens is 278 g/mol. The zero-order chi connectivity index (χ0) is 14.4. The van der Waals surface area contributed by atoms with Gasteiger partial charge >= 0.3 is 0 Å². The van der Waals surface area contributed by atoms with E-state index in [0.29, 0.717) is 6.54 Å². The van der Waals surface area contributed by atoms with Gasteiger partial charge in [-0.2, -0.15) is 0 Å². The predicted molar refractivity (Wildman–Crippen MR) is 82.7 cm³/mol. The average Bonchev–Trinajstić information content (AvgIpc) is 2.35. The van der Waals surface area contributed by atoms with Crippen molar-refractivity contribution in [2.24, 2.45) is 11.7 Å². The molecule has 0 aliphatic carbocycles. The Hall–Kier alpha value is -1.59. The zero-order valence-corrected chi connectivity index (χ0v) is 12.8. The smallest absolute Gasteiger partial charge is 0.237 e. The van der Waals surface area contributed by atoms with Crippen molar-refractivity contribution < 1.29 is 9.59 Å². The first-order valence-electron chi connectivity index (χ1n) is 6.30. The molecule has 0 aliphatic heterocycles. The second-order valence-corrected chi connectivity index (χ2v) is 4.87. The number of hydrogen-bond acceptors (Lipinski definition) is 3. The van der Waals surface area contributed by atoms with Crippen molar-refractivity contribution in [2.45, 2.75) is 33.4 Å². The molecule has 0 fully saturated rings. The molecule has 1 aromatic rings. The minimum atomic E-state index is -0.487. The Kier molecular flexibility index (Phi) is 7.87. The maximum Gasteiger partial charge on any atom is 0.237 e. The van der Waals surface area contributed by atoms with E-state index in [1.807, 2.05) is 26.0 Å². The van der Waals surface area contributed by atoms with Crippen molar-refractivity contribution in [1.29, 1.82) is 0 Å². The van der Waals surface area contributed by atoms with Crippen molar-refractivity contribution in [1.82, 2.24) is 5.32 Å². The molecule has 0 aromatic heterocycles. The van der Waals surface area contributed by atoms with Gasteiger partial charge in [-0.3, -0.25) is 9.59 Å². The molecule has 0 spiro atoms. The van der Waals surface area contributed by atoms with E-state index in [-0.39, 0.29) is 30.1 Å². The Morgan fingerprint density at radius 3 is 2.20 bits per heavy atom. The molecule has 1 atom stereocenters. The highest BCUT2D eigenvalue weighted by Crippen LogP contribution is 2.09. The summed E-state index contributed by atoms with van der Waals surface area (Å²) in [5.74, 6) is -0.146. The Balaban J connectivity index is 0.00000361. The van der Waals surface area contributed by atoms with Crippen LogP contribution in [0.4, 0.5) is 5.69 Å². The number of benzene rings is 1. The van der Waals surface area contributed by atoms with Crippen LogP contribution >= 0.6 is 12.4 Å². The summed E-state index contributed by atoms with van der Waals surface area (Å²) in [6, 6.07) is 6.81. The molecule has 0 heterocycles. The molecule has 6 heteroatoms. The van der Waals surface area contributed by atoms with E-state index < -0.39 is 6.04 Å². The second kappa shape index (κ2) is 8.55. The number of carbonyl (C=O) groups excluding carboxylic acids is 2. The first kappa shape index (κ1) is 18.4. The van der Waals surface area contributed by atoms with Crippen LogP contribution in [0.5, 0.6) is 0 Å². The van der Waals surface area contributed by atoms with Gasteiger partial charge in [-0.15, -0.1) is 12.4 Å². The van der Waals surface area contributed by atoms with Gasteiger partial charge in [0.25, 0.3) is 0 Å². The SMILES string of the molecule is CC(=O)Nc1ccc(CNC(=O)C(N)C(C)C)cc1.Cl. The summed E-state index contributed by atoms with van der Waals surface area (Å²) in [5.41, 5.74) is 7.44. The fourth-order valence-electron chi connectivity index (χ4n) is 1.52. The number of nitrogens with two attached hydrogens (primary N) is 1. The van der Waals surface area contributed by atoms with Crippen molar-refractivity contribution in [3.8, 4) is 0 Å². The van der Waals surface area contributed by atoms with Gasteiger partial charge in [-0.1, -0.05) is 26.0 Å². The maximum absolute atomic E-state index is 11.7. The molecule has 0 aliphatic rings. The highest BCUT2D eigenvalue weighted by molar-refractivity contribution is 5.88. The highest BCUT2D eigenvalue weighted by Gasteiger charge is 2.16. The van der Waals surface area contributed by atoms with Crippen molar-refractivity contribution in [2.75, 3.05) is 5.32 Å². The summed E-state index contributed by atoms with van der Waals surface area (Å²) >= 11 is 0. The quantitative estimate of drug-likeness (QED) is 0.773. The summed E-state index contributed by atoms with van der Waals surface area (Å²) in [5, 5.41) is 5.47. The van der Waals surface area contributed by atoms with Gasteiger partial charge in [0.1, 0.15) is 0 Å². The average molecular weight is 300 g/mol. The van der Waals surface area contributed by atoms with Gasteiger partial charge in [-0.05, 0) is 23.6 Å². The van der Waals surface area contributed by atoms with Gasteiger partial charge < -0.3 is 16.4 Å². The maximum atomic E-state index is 11.7. The molecular formula is C14H22ClN3O2. The van der Waals surface area contributed by atoms with E-state index >= 15 is 0 Å². The number of nitrogens with one attached hydrogen (secondary N) is 2. The number of hydrogen-bond donors (Lipinski definition) is 3. The molecule has 0 radical (unpaired) electrons. The third-order valence-electron chi connectivity index (χ3n) is 2.76. The van der Waals surface area contributed by atoms with E-state index in [4.69, 9.17) is 5.73 Å². The third-order valence-corrected chi connectivity index (χ3v) is 2.76. The van der Waals surface area contributed by atoms with Crippen molar-refractivity contribution in [3.05, 3.63) is 29.8 Å². The number of carbonyl (C=O) groups is 2. The fourth-order valence-corrected chi connectivity index (χ4v) is 1.52. The number of amides is 2. The predicted octanol–water partition coefficient (Wildman–Crippen LogP) is 1.67. The molecule has 1 aromatic carbocycles. The topological polar surface area (TPSA) is 84.2 Å². The Morgan fingerprint density at radius 1 is 1.20 bits per heavy atom. The molecule has 5 nitrogen and oxygen atoms in total. The minimum Gasteiger partial charge on any atom is -0.351 e. The van der Waals surface area contributed by atoms with Crippen molar-refractivity contribution in [3.63, 3.8) is 0 Å². The lowest BCUT2D eigenvalue weighted by Crippen LogP contribution is -2.43. The van der Waals surface area contributed by atoms with Crippen LogP contribution in [0.25, 0.3) is 0 Å². The van der Waals surface area contributed by atoms with Gasteiger partial charge in [0, 0.05) is 19.2 Å². The molecule has 2 amide bonds. The third kappa shape index (κ3) is 6.04. The monoisotopic (exact) mass is 299 g/mol. The highest BCUT2D eigenvalue weighted by atomic mass is 35.5. The molecule has 20 heavy (non-hydrogen) atoms. The number of anilines is 1. The Morgan fingerprint density at radius 2 is 1.75 bits per heavy atom. The summed E-state index contributed by atoms with van der Waals surface area (Å²) in [4.78, 5) is 22.5. The zero-order valence-electron chi connectivity index (χ0n) is 12.0. The van der Waals surface area contributed by atoms with Crippen LogP contribution in [0.3, 0.4) is 0 Å². The standard InChI is InChI=1S/C14H21N3O2.ClH/c1-9(2)13(15)14(19)16-8-11-4-6-12(7-5-11)17-10(3)18;/h4-7,9,13H,8,15H2,1-3H3,(H,16,19)(H,17,18);1H. The molecule has 0 bridgehead atoms. The van der Waals surface area contributed by atoms with E-state index in [0.717, 1.165) is 11.3 Å². The molecule has 1 unspecified atom stereocenters. The van der Waals surface area contributed by atoms with Crippen LogP contribution in [0.1, 0.15) is 26.3 Å². The van der Waals surface area contributed by atoms with Crippen LogP contribution in [0, 0.1) is 5.92 Å². The molecule has 4 N–H and O–H groups in total. The first-order chi connectivity index (χ1) is 8.90. The minimum absolute atomic E-state index is 0. The summed E-state index contributed by atoms with van der Waals surface area (Å²) in [7, 11) is 0. The van der Waals surface area contributed by atoms with Crippen molar-refractivity contribution >= 4 is 29.9 Å². The first-order valence-corrected chi connectivity index (χ1v) is 6.30. The van der Waals surface area contributed by atoms with Gasteiger partial charge in [0.15, 0.2) is 0 Å². The van der Waals surface area contributed by atoms with E-state index in [9.17, 15) is 9.59 Å². The molecule has 112 valence electrons. The number of rotatable bonds is 5. The largest absolute Gasteiger partial charge is 0.351 e. The van der Waals surface area contributed by atoms with Crippen LogP contribution in [0.2, 0.25) is 0 Å².